The van der Waals surface area contributed by atoms with Crippen molar-refractivity contribution < 1.29 is 9.18 Å². The van der Waals surface area contributed by atoms with Crippen molar-refractivity contribution in [3.05, 3.63) is 54.3 Å². The Morgan fingerprint density at radius 3 is 2.67 bits per heavy atom. The van der Waals surface area contributed by atoms with Crippen molar-refractivity contribution in [3.8, 4) is 11.4 Å². The first-order valence-electron chi connectivity index (χ1n) is 10.4. The maximum atomic E-state index is 13.8. The predicted octanol–water partition coefficient (Wildman–Crippen LogP) is 3.89. The highest BCUT2D eigenvalue weighted by atomic mass is 19.1. The number of carbonyl (C=O) groups excluding carboxylic acids is 1. The zero-order chi connectivity index (χ0) is 20.8. The summed E-state index contributed by atoms with van der Waals surface area (Å²) >= 11 is 0. The van der Waals surface area contributed by atoms with Crippen LogP contribution < -0.4 is 10.2 Å². The number of piperidine rings is 1. The number of anilines is 2. The van der Waals surface area contributed by atoms with Gasteiger partial charge in [0.15, 0.2) is 0 Å². The van der Waals surface area contributed by atoms with Crippen molar-refractivity contribution in [2.24, 2.45) is 0 Å². The first kappa shape index (κ1) is 20.0. The van der Waals surface area contributed by atoms with E-state index in [-0.39, 0.29) is 18.1 Å². The minimum absolute atomic E-state index is 0.151. The third-order valence-electron chi connectivity index (χ3n) is 5.18. The van der Waals surface area contributed by atoms with E-state index in [1.54, 1.807) is 6.07 Å². The van der Waals surface area contributed by atoms with Crippen LogP contribution in [0.1, 0.15) is 32.1 Å². The van der Waals surface area contributed by atoms with Gasteiger partial charge in [-0.05, 0) is 49.1 Å². The average molecular weight is 408 g/mol. The summed E-state index contributed by atoms with van der Waals surface area (Å²) in [5.74, 6) is 0.0551. The van der Waals surface area contributed by atoms with Gasteiger partial charge in [0.25, 0.3) is 0 Å². The van der Waals surface area contributed by atoms with Crippen molar-refractivity contribution in [3.63, 3.8) is 0 Å². The van der Waals surface area contributed by atoms with Crippen LogP contribution in [-0.2, 0) is 11.3 Å². The molecule has 0 aliphatic carbocycles. The van der Waals surface area contributed by atoms with Crippen LogP contribution in [0.25, 0.3) is 11.4 Å². The van der Waals surface area contributed by atoms with E-state index in [0.717, 1.165) is 37.2 Å². The third kappa shape index (κ3) is 5.00. The number of rotatable bonds is 7. The Morgan fingerprint density at radius 1 is 1.07 bits per heavy atom. The van der Waals surface area contributed by atoms with E-state index in [2.05, 4.69) is 25.6 Å². The number of nitrogens with zero attached hydrogens (tertiary/aromatic N) is 5. The number of hydrogen-bond donors (Lipinski definition) is 1. The first-order chi connectivity index (χ1) is 14.7. The Hall–Kier alpha value is -3.29. The SMILES string of the molecule is O=C(CCCn1nnc(-c2ccccc2)n1)Nc1cc(F)ccc1N1CCCCC1. The molecule has 1 N–H and O–H groups in total. The van der Waals surface area contributed by atoms with Crippen molar-refractivity contribution in [2.75, 3.05) is 23.3 Å². The summed E-state index contributed by atoms with van der Waals surface area (Å²) in [7, 11) is 0. The van der Waals surface area contributed by atoms with Gasteiger partial charge < -0.3 is 10.2 Å². The molecule has 7 nitrogen and oxygen atoms in total. The van der Waals surface area contributed by atoms with Crippen LogP contribution >= 0.6 is 0 Å². The minimum Gasteiger partial charge on any atom is -0.370 e. The molecule has 1 aromatic heterocycles. The Balaban J connectivity index is 1.32. The highest BCUT2D eigenvalue weighted by Crippen LogP contribution is 2.29. The molecule has 156 valence electrons. The zero-order valence-corrected chi connectivity index (χ0v) is 16.8. The number of nitrogens with one attached hydrogen (secondary N) is 1. The molecule has 1 aliphatic heterocycles. The second-order valence-corrected chi connectivity index (χ2v) is 7.44. The van der Waals surface area contributed by atoms with Gasteiger partial charge in [-0.25, -0.2) is 4.39 Å². The summed E-state index contributed by atoms with van der Waals surface area (Å²) < 4.78 is 13.8. The number of benzene rings is 2. The molecule has 30 heavy (non-hydrogen) atoms. The van der Waals surface area contributed by atoms with Gasteiger partial charge >= 0.3 is 0 Å². The van der Waals surface area contributed by atoms with E-state index in [9.17, 15) is 9.18 Å². The number of amides is 1. The maximum Gasteiger partial charge on any atom is 0.224 e. The fourth-order valence-electron chi connectivity index (χ4n) is 3.65. The molecule has 2 aromatic carbocycles. The van der Waals surface area contributed by atoms with Crippen molar-refractivity contribution in [2.45, 2.75) is 38.6 Å². The molecule has 4 rings (SSSR count). The largest absolute Gasteiger partial charge is 0.370 e. The lowest BCUT2D eigenvalue weighted by Crippen LogP contribution is -2.30. The van der Waals surface area contributed by atoms with Crippen LogP contribution in [0.4, 0.5) is 15.8 Å². The standard InChI is InChI=1S/C22H25FN6O/c23-18-11-12-20(28-13-5-2-6-14-28)19(16-18)24-21(30)10-7-15-29-26-22(25-27-29)17-8-3-1-4-9-17/h1,3-4,8-9,11-12,16H,2,5-7,10,13-15H2,(H,24,30). The minimum atomic E-state index is -0.355. The Kier molecular flexibility index (Phi) is 6.32. The number of hydrogen-bond acceptors (Lipinski definition) is 5. The molecular weight excluding hydrogens is 383 g/mol. The molecule has 0 atom stereocenters. The highest BCUT2D eigenvalue weighted by molar-refractivity contribution is 5.94. The molecule has 3 aromatic rings. The molecule has 1 amide bonds. The first-order valence-corrected chi connectivity index (χ1v) is 10.4. The van der Waals surface area contributed by atoms with Gasteiger partial charge in [0, 0.05) is 25.1 Å². The molecule has 0 bridgehead atoms. The second kappa shape index (κ2) is 9.47. The summed E-state index contributed by atoms with van der Waals surface area (Å²) in [6.07, 6.45) is 4.28. The molecular formula is C22H25FN6O. The van der Waals surface area contributed by atoms with E-state index < -0.39 is 0 Å². The van der Waals surface area contributed by atoms with E-state index in [0.29, 0.717) is 24.5 Å². The summed E-state index contributed by atoms with van der Waals surface area (Å²) in [5.41, 5.74) is 2.32. The van der Waals surface area contributed by atoms with E-state index in [4.69, 9.17) is 0 Å². The number of carbonyl (C=O) groups is 1. The van der Waals surface area contributed by atoms with Gasteiger partial charge in [-0.3, -0.25) is 4.79 Å². The molecule has 1 fully saturated rings. The monoisotopic (exact) mass is 408 g/mol. The Labute approximate surface area is 174 Å². The summed E-state index contributed by atoms with van der Waals surface area (Å²) in [5, 5.41) is 15.3. The predicted molar refractivity (Wildman–Crippen MR) is 114 cm³/mol. The normalized spacial score (nSPS) is 14.0. The molecule has 2 heterocycles. The van der Waals surface area contributed by atoms with Crippen molar-refractivity contribution >= 4 is 17.3 Å². The smallest absolute Gasteiger partial charge is 0.224 e. The van der Waals surface area contributed by atoms with Gasteiger partial charge in [-0.15, -0.1) is 10.2 Å². The van der Waals surface area contributed by atoms with Gasteiger partial charge in [0.1, 0.15) is 5.82 Å². The van der Waals surface area contributed by atoms with Gasteiger partial charge in [-0.1, -0.05) is 30.3 Å². The summed E-state index contributed by atoms with van der Waals surface area (Å²) in [4.78, 5) is 16.2. The molecule has 1 saturated heterocycles. The molecule has 0 unspecified atom stereocenters. The van der Waals surface area contributed by atoms with Crippen molar-refractivity contribution in [1.29, 1.82) is 0 Å². The van der Waals surface area contributed by atoms with Crippen LogP contribution in [0.2, 0.25) is 0 Å². The molecule has 0 spiro atoms. The fraction of sp³-hybridized carbons (Fsp3) is 0.364. The number of aryl methyl sites for hydroxylation is 1. The summed E-state index contributed by atoms with van der Waals surface area (Å²) in [6, 6.07) is 14.2. The second-order valence-electron chi connectivity index (χ2n) is 7.44. The van der Waals surface area contributed by atoms with E-state index in [1.165, 1.54) is 23.4 Å². The van der Waals surface area contributed by atoms with E-state index >= 15 is 0 Å². The lowest BCUT2D eigenvalue weighted by molar-refractivity contribution is -0.116. The van der Waals surface area contributed by atoms with E-state index in [1.807, 2.05) is 30.3 Å². The van der Waals surface area contributed by atoms with Crippen LogP contribution in [0.15, 0.2) is 48.5 Å². The Morgan fingerprint density at radius 2 is 1.87 bits per heavy atom. The van der Waals surface area contributed by atoms with Crippen LogP contribution in [-0.4, -0.2) is 39.2 Å². The lowest BCUT2D eigenvalue weighted by atomic mass is 10.1. The molecule has 0 radical (unpaired) electrons. The summed E-state index contributed by atoms with van der Waals surface area (Å²) in [6.45, 7) is 2.34. The van der Waals surface area contributed by atoms with Crippen molar-refractivity contribution in [1.82, 2.24) is 20.2 Å². The fourth-order valence-corrected chi connectivity index (χ4v) is 3.65. The van der Waals surface area contributed by atoms with Crippen LogP contribution in [0.3, 0.4) is 0 Å². The Bertz CT molecular complexity index is 984. The molecule has 0 saturated carbocycles. The molecule has 8 heteroatoms. The molecule has 1 aliphatic rings. The zero-order valence-electron chi connectivity index (χ0n) is 16.8. The maximum absolute atomic E-state index is 13.8. The third-order valence-corrected chi connectivity index (χ3v) is 5.18. The van der Waals surface area contributed by atoms with Gasteiger partial charge in [0.2, 0.25) is 11.7 Å². The van der Waals surface area contributed by atoms with Gasteiger partial charge in [-0.2, -0.15) is 4.80 Å². The highest BCUT2D eigenvalue weighted by Gasteiger charge is 2.16. The van der Waals surface area contributed by atoms with Crippen LogP contribution in [0.5, 0.6) is 0 Å². The van der Waals surface area contributed by atoms with Crippen LogP contribution in [0, 0.1) is 5.82 Å². The topological polar surface area (TPSA) is 75.9 Å². The van der Waals surface area contributed by atoms with Gasteiger partial charge in [0.05, 0.1) is 17.9 Å². The number of aromatic nitrogens is 4. The number of tetrazole rings is 1. The lowest BCUT2D eigenvalue weighted by Gasteiger charge is -2.30. The average Bonchev–Trinajstić information content (AvgIpc) is 3.24. The quantitative estimate of drug-likeness (QED) is 0.642. The number of halogens is 1.